The molecule has 0 aliphatic carbocycles. The summed E-state index contributed by atoms with van der Waals surface area (Å²) in [4.78, 5) is 9.01. The van der Waals surface area contributed by atoms with Crippen molar-refractivity contribution in [3.63, 3.8) is 0 Å². The van der Waals surface area contributed by atoms with Crippen molar-refractivity contribution >= 4 is 37.4 Å². The van der Waals surface area contributed by atoms with E-state index < -0.39 is 0 Å². The summed E-state index contributed by atoms with van der Waals surface area (Å²) in [5.74, 6) is 0. The lowest BCUT2D eigenvalue weighted by atomic mass is 10.2. The number of aromatic nitrogens is 2. The van der Waals surface area contributed by atoms with E-state index >= 15 is 0 Å². The van der Waals surface area contributed by atoms with Crippen LogP contribution in [0.3, 0.4) is 0 Å². The average Bonchev–Trinajstić information content (AvgIpc) is 2.16. The maximum Gasteiger partial charge on any atom is 0.0869 e. The van der Waals surface area contributed by atoms with E-state index in [9.17, 15) is 0 Å². The van der Waals surface area contributed by atoms with Crippen molar-refractivity contribution in [2.24, 2.45) is 0 Å². The number of alkyl halides is 2. The third kappa shape index (κ3) is 2.42. The number of allylic oxidation sites excluding steroid dienone is 1. The van der Waals surface area contributed by atoms with Crippen LogP contribution in [0.1, 0.15) is 29.7 Å². The number of rotatable bonds is 3. The van der Waals surface area contributed by atoms with Crippen molar-refractivity contribution in [1.29, 1.82) is 0 Å². The Morgan fingerprint density at radius 3 is 2.14 bits per heavy atom. The molecule has 76 valence electrons. The van der Waals surface area contributed by atoms with Crippen LogP contribution in [-0.2, 0) is 10.7 Å². The lowest BCUT2D eigenvalue weighted by molar-refractivity contribution is 0.972. The molecule has 4 heteroatoms. The van der Waals surface area contributed by atoms with Crippen molar-refractivity contribution < 1.29 is 0 Å². The zero-order valence-electron chi connectivity index (χ0n) is 8.27. The van der Waals surface area contributed by atoms with Crippen LogP contribution in [0.15, 0.2) is 6.58 Å². The van der Waals surface area contributed by atoms with Crippen LogP contribution < -0.4 is 0 Å². The Hall–Kier alpha value is -0.220. The summed E-state index contributed by atoms with van der Waals surface area (Å²) in [6.07, 6.45) is 0. The van der Waals surface area contributed by atoms with E-state index in [1.54, 1.807) is 0 Å². The van der Waals surface area contributed by atoms with Crippen LogP contribution in [0.25, 0.3) is 5.57 Å². The molecular formula is C10H12Br2N2. The molecule has 0 N–H and O–H groups in total. The van der Waals surface area contributed by atoms with E-state index in [-0.39, 0.29) is 0 Å². The molecule has 0 saturated heterocycles. The topological polar surface area (TPSA) is 25.8 Å². The third-order valence-electron chi connectivity index (χ3n) is 1.88. The first-order valence-electron chi connectivity index (χ1n) is 4.24. The normalized spacial score (nSPS) is 10.3. The van der Waals surface area contributed by atoms with Crippen LogP contribution in [0.4, 0.5) is 0 Å². The quantitative estimate of drug-likeness (QED) is 0.795. The van der Waals surface area contributed by atoms with E-state index in [0.29, 0.717) is 0 Å². The van der Waals surface area contributed by atoms with E-state index in [0.717, 1.165) is 39.0 Å². The van der Waals surface area contributed by atoms with Gasteiger partial charge in [0.25, 0.3) is 0 Å². The highest BCUT2D eigenvalue weighted by Crippen LogP contribution is 2.18. The number of nitrogens with zero attached hydrogens (tertiary/aromatic N) is 2. The summed E-state index contributed by atoms with van der Waals surface area (Å²) < 4.78 is 0. The minimum absolute atomic E-state index is 0.724. The zero-order chi connectivity index (χ0) is 10.7. The smallest absolute Gasteiger partial charge is 0.0869 e. The molecule has 0 amide bonds. The maximum atomic E-state index is 4.52. The van der Waals surface area contributed by atoms with Gasteiger partial charge in [0.15, 0.2) is 0 Å². The van der Waals surface area contributed by atoms with Crippen molar-refractivity contribution in [2.75, 3.05) is 0 Å². The fourth-order valence-electron chi connectivity index (χ4n) is 1.22. The van der Waals surface area contributed by atoms with Crippen LogP contribution in [0.5, 0.6) is 0 Å². The van der Waals surface area contributed by atoms with Crippen LogP contribution in [0, 0.1) is 6.92 Å². The Labute approximate surface area is 101 Å². The van der Waals surface area contributed by atoms with Crippen molar-refractivity contribution in [2.45, 2.75) is 24.5 Å². The first kappa shape index (κ1) is 11.9. The molecule has 0 fully saturated rings. The summed E-state index contributed by atoms with van der Waals surface area (Å²) in [6.45, 7) is 7.79. The van der Waals surface area contributed by atoms with Gasteiger partial charge in [0.05, 0.1) is 22.8 Å². The second-order valence-corrected chi connectivity index (χ2v) is 4.22. The molecular weight excluding hydrogens is 308 g/mol. The SMILES string of the molecule is C=C(C)c1nc(CBr)c(CBr)nc1C. The molecule has 0 bridgehead atoms. The standard InChI is InChI=1S/C10H12Br2N2/c1-6(2)10-7(3)13-8(4-11)9(5-12)14-10/h1,4-5H2,2-3H3. The molecule has 0 spiro atoms. The second-order valence-electron chi connectivity index (χ2n) is 3.10. The molecule has 0 atom stereocenters. The summed E-state index contributed by atoms with van der Waals surface area (Å²) in [5, 5.41) is 1.46. The predicted octanol–water partition coefficient (Wildman–Crippen LogP) is 3.61. The molecule has 0 aromatic carbocycles. The molecule has 2 nitrogen and oxygen atoms in total. The molecule has 0 aliphatic heterocycles. The monoisotopic (exact) mass is 318 g/mol. The van der Waals surface area contributed by atoms with Gasteiger partial charge in [-0.15, -0.1) is 0 Å². The number of halogens is 2. The lowest BCUT2D eigenvalue weighted by Crippen LogP contribution is -2.04. The molecule has 1 heterocycles. The highest BCUT2D eigenvalue weighted by atomic mass is 79.9. The minimum Gasteiger partial charge on any atom is -0.253 e. The van der Waals surface area contributed by atoms with Gasteiger partial charge in [0.2, 0.25) is 0 Å². The maximum absolute atomic E-state index is 4.52. The molecule has 1 aromatic heterocycles. The summed E-state index contributed by atoms with van der Waals surface area (Å²) in [6, 6.07) is 0. The first-order valence-corrected chi connectivity index (χ1v) is 6.48. The Bertz CT molecular complexity index is 361. The molecule has 1 rings (SSSR count). The average molecular weight is 320 g/mol. The van der Waals surface area contributed by atoms with E-state index in [2.05, 4.69) is 48.4 Å². The summed E-state index contributed by atoms with van der Waals surface area (Å²) in [5.41, 5.74) is 4.77. The van der Waals surface area contributed by atoms with Gasteiger partial charge in [0, 0.05) is 10.7 Å². The van der Waals surface area contributed by atoms with Gasteiger partial charge < -0.3 is 0 Å². The van der Waals surface area contributed by atoms with Gasteiger partial charge in [-0.25, -0.2) is 4.98 Å². The Balaban J connectivity index is 3.30. The van der Waals surface area contributed by atoms with Gasteiger partial charge in [-0.3, -0.25) is 4.98 Å². The van der Waals surface area contributed by atoms with E-state index in [1.165, 1.54) is 0 Å². The van der Waals surface area contributed by atoms with Gasteiger partial charge >= 0.3 is 0 Å². The predicted molar refractivity (Wildman–Crippen MR) is 66.7 cm³/mol. The second kappa shape index (κ2) is 5.03. The highest BCUT2D eigenvalue weighted by Gasteiger charge is 2.09. The van der Waals surface area contributed by atoms with Gasteiger partial charge in [-0.2, -0.15) is 0 Å². The summed E-state index contributed by atoms with van der Waals surface area (Å²) >= 11 is 6.80. The number of aryl methyl sites for hydroxylation is 1. The molecule has 0 unspecified atom stereocenters. The Morgan fingerprint density at radius 2 is 1.71 bits per heavy atom. The fourth-order valence-corrected chi connectivity index (χ4v) is 2.12. The third-order valence-corrected chi connectivity index (χ3v) is 2.94. The van der Waals surface area contributed by atoms with Gasteiger partial charge in [-0.05, 0) is 19.4 Å². The van der Waals surface area contributed by atoms with Crippen LogP contribution in [-0.4, -0.2) is 9.97 Å². The van der Waals surface area contributed by atoms with Crippen molar-refractivity contribution in [3.05, 3.63) is 29.4 Å². The van der Waals surface area contributed by atoms with E-state index in [1.807, 2.05) is 13.8 Å². The van der Waals surface area contributed by atoms with E-state index in [4.69, 9.17) is 0 Å². The molecule has 14 heavy (non-hydrogen) atoms. The van der Waals surface area contributed by atoms with Gasteiger partial charge in [0.1, 0.15) is 0 Å². The first-order chi connectivity index (χ1) is 6.60. The number of hydrogen-bond donors (Lipinski definition) is 0. The van der Waals surface area contributed by atoms with Crippen molar-refractivity contribution in [1.82, 2.24) is 9.97 Å². The zero-order valence-corrected chi connectivity index (χ0v) is 11.4. The minimum atomic E-state index is 0.724. The molecule has 0 radical (unpaired) electrons. The molecule has 0 aliphatic rings. The van der Waals surface area contributed by atoms with Crippen LogP contribution in [0.2, 0.25) is 0 Å². The Morgan fingerprint density at radius 1 is 1.21 bits per heavy atom. The highest BCUT2D eigenvalue weighted by molar-refractivity contribution is 9.09. The lowest BCUT2D eigenvalue weighted by Gasteiger charge is -2.09. The molecule has 0 saturated carbocycles. The van der Waals surface area contributed by atoms with Crippen molar-refractivity contribution in [3.8, 4) is 0 Å². The summed E-state index contributed by atoms with van der Waals surface area (Å²) in [7, 11) is 0. The Kier molecular flexibility index (Phi) is 4.26. The van der Waals surface area contributed by atoms with Gasteiger partial charge in [-0.1, -0.05) is 38.4 Å². The fraction of sp³-hybridized carbons (Fsp3) is 0.400. The number of hydrogen-bond acceptors (Lipinski definition) is 2. The molecule has 1 aromatic rings. The van der Waals surface area contributed by atoms with Crippen LogP contribution >= 0.6 is 31.9 Å². The largest absolute Gasteiger partial charge is 0.253 e.